The van der Waals surface area contributed by atoms with E-state index in [4.69, 9.17) is 9.47 Å². The van der Waals surface area contributed by atoms with Gasteiger partial charge in [-0.15, -0.1) is 0 Å². The van der Waals surface area contributed by atoms with Gasteiger partial charge in [0.1, 0.15) is 23.6 Å². The second-order valence-corrected chi connectivity index (χ2v) is 5.04. The van der Waals surface area contributed by atoms with Crippen molar-refractivity contribution in [2.75, 3.05) is 32.5 Å². The Bertz CT molecular complexity index is 934. The van der Waals surface area contributed by atoms with E-state index in [2.05, 4.69) is 19.7 Å². The molecule has 0 spiro atoms. The molecule has 0 unspecified atom stereocenters. The van der Waals surface area contributed by atoms with Crippen LogP contribution in [0.5, 0.6) is 0 Å². The van der Waals surface area contributed by atoms with Gasteiger partial charge in [0.15, 0.2) is 0 Å². The molecule has 2 heterocycles. The number of anilines is 1. The van der Waals surface area contributed by atoms with Crippen molar-refractivity contribution < 1.29 is 33.4 Å². The lowest BCUT2D eigenvalue weighted by Crippen LogP contribution is -2.39. The summed E-state index contributed by atoms with van der Waals surface area (Å²) in [4.78, 5) is 36.3. The van der Waals surface area contributed by atoms with E-state index in [1.807, 2.05) is 0 Å². The molecule has 1 aliphatic heterocycles. The first-order valence-corrected chi connectivity index (χ1v) is 7.14. The molecular formula is C14H12N4O8. The molecule has 2 aromatic rings. The van der Waals surface area contributed by atoms with E-state index in [-0.39, 0.29) is 41.3 Å². The quantitative estimate of drug-likeness (QED) is 0.425. The number of carbonyl (C=O) groups is 2. The lowest BCUT2D eigenvalue weighted by atomic mass is 10.1. The highest BCUT2D eigenvalue weighted by molar-refractivity contribution is 6.05. The zero-order chi connectivity index (χ0) is 18.8. The maximum atomic E-state index is 12.3. The number of fused-ring (bicyclic) bond motifs is 1. The third-order valence-electron chi connectivity index (χ3n) is 3.69. The molecule has 1 aromatic carbocycles. The number of hydrogen-bond donors (Lipinski definition) is 0. The highest BCUT2D eigenvalue weighted by Crippen LogP contribution is 2.37. The molecule has 136 valence electrons. The Hall–Kier alpha value is -3.54. The van der Waals surface area contributed by atoms with Crippen LogP contribution in [0.25, 0.3) is 11.0 Å². The molecule has 0 atom stereocenters. The van der Waals surface area contributed by atoms with E-state index in [1.165, 1.54) is 12.1 Å². The number of rotatable bonds is 4. The standard InChI is InChI=1S/C14H12N4O8/c1-23-13(19)7-5-25-6-17(11(7)14(20)24-2)9-4-3-8-10(16-26-15-8)12(9)18(21)22/h3-4H,5-6H2,1-2H3. The first kappa shape index (κ1) is 17.3. The fourth-order valence-corrected chi connectivity index (χ4v) is 2.56. The normalized spacial score (nSPS) is 14.5. The molecular weight excluding hydrogens is 352 g/mol. The zero-order valence-corrected chi connectivity index (χ0v) is 13.6. The fraction of sp³-hybridized carbons (Fsp3) is 0.286. The van der Waals surface area contributed by atoms with Crippen molar-refractivity contribution in [2.24, 2.45) is 0 Å². The topological polar surface area (TPSA) is 147 Å². The largest absolute Gasteiger partial charge is 0.466 e. The van der Waals surface area contributed by atoms with Gasteiger partial charge in [-0.1, -0.05) is 0 Å². The number of methoxy groups -OCH3 is 2. The number of ether oxygens (including phenoxy) is 3. The van der Waals surface area contributed by atoms with Crippen LogP contribution in [0.1, 0.15) is 0 Å². The molecule has 1 aliphatic rings. The van der Waals surface area contributed by atoms with Crippen molar-refractivity contribution in [3.8, 4) is 0 Å². The van der Waals surface area contributed by atoms with Gasteiger partial charge in [-0.05, 0) is 22.4 Å². The van der Waals surface area contributed by atoms with Crippen LogP contribution in [0.3, 0.4) is 0 Å². The van der Waals surface area contributed by atoms with E-state index < -0.39 is 22.5 Å². The van der Waals surface area contributed by atoms with Crippen molar-refractivity contribution in [1.29, 1.82) is 0 Å². The molecule has 0 amide bonds. The second kappa shape index (κ2) is 6.76. The van der Waals surface area contributed by atoms with E-state index >= 15 is 0 Å². The maximum Gasteiger partial charge on any atom is 0.355 e. The Labute approximate surface area is 145 Å². The summed E-state index contributed by atoms with van der Waals surface area (Å²) >= 11 is 0. The fourth-order valence-electron chi connectivity index (χ4n) is 2.56. The Balaban J connectivity index is 2.25. The lowest BCUT2D eigenvalue weighted by molar-refractivity contribution is -0.382. The average Bonchev–Trinajstić information content (AvgIpc) is 3.13. The van der Waals surface area contributed by atoms with E-state index in [1.54, 1.807) is 0 Å². The van der Waals surface area contributed by atoms with E-state index in [0.29, 0.717) is 0 Å². The van der Waals surface area contributed by atoms with Gasteiger partial charge in [-0.25, -0.2) is 14.2 Å². The average molecular weight is 364 g/mol. The van der Waals surface area contributed by atoms with Gasteiger partial charge in [-0.3, -0.25) is 10.1 Å². The SMILES string of the molecule is COC(=O)C1=C(C(=O)OC)N(c2ccc3nonc3c2[N+](=O)[O-])COC1. The number of nitrogens with zero attached hydrogens (tertiary/aromatic N) is 4. The molecule has 26 heavy (non-hydrogen) atoms. The van der Waals surface area contributed by atoms with Crippen LogP contribution in [0, 0.1) is 10.1 Å². The van der Waals surface area contributed by atoms with Crippen molar-refractivity contribution in [2.45, 2.75) is 0 Å². The van der Waals surface area contributed by atoms with Crippen LogP contribution in [-0.2, 0) is 23.8 Å². The van der Waals surface area contributed by atoms with Crippen LogP contribution in [-0.4, -0.2) is 54.7 Å². The minimum Gasteiger partial charge on any atom is -0.466 e. The molecule has 0 bridgehead atoms. The van der Waals surface area contributed by atoms with Crippen molar-refractivity contribution in [3.05, 3.63) is 33.5 Å². The summed E-state index contributed by atoms with van der Waals surface area (Å²) < 4.78 is 19.2. The number of hydrogen-bond acceptors (Lipinski definition) is 11. The predicted molar refractivity (Wildman–Crippen MR) is 82.8 cm³/mol. The van der Waals surface area contributed by atoms with Gasteiger partial charge in [0.2, 0.25) is 5.52 Å². The summed E-state index contributed by atoms with van der Waals surface area (Å²) in [5.41, 5.74) is -0.792. The molecule has 0 fully saturated rings. The Kier molecular flexibility index (Phi) is 4.49. The summed E-state index contributed by atoms with van der Waals surface area (Å²) in [7, 11) is 2.26. The van der Waals surface area contributed by atoms with Gasteiger partial charge in [0.25, 0.3) is 0 Å². The van der Waals surface area contributed by atoms with Crippen LogP contribution in [0.15, 0.2) is 28.0 Å². The lowest BCUT2D eigenvalue weighted by Gasteiger charge is -2.30. The van der Waals surface area contributed by atoms with Crippen LogP contribution in [0.4, 0.5) is 11.4 Å². The molecule has 0 saturated heterocycles. The first-order valence-electron chi connectivity index (χ1n) is 7.14. The van der Waals surface area contributed by atoms with Crippen molar-refractivity contribution in [1.82, 2.24) is 10.3 Å². The van der Waals surface area contributed by atoms with Crippen molar-refractivity contribution >= 4 is 34.3 Å². The van der Waals surface area contributed by atoms with Crippen LogP contribution < -0.4 is 4.90 Å². The molecule has 0 aliphatic carbocycles. The van der Waals surface area contributed by atoms with Gasteiger partial charge in [0.05, 0.1) is 31.3 Å². The molecule has 0 N–H and O–H groups in total. The number of esters is 2. The molecule has 3 rings (SSSR count). The number of carbonyl (C=O) groups excluding carboxylic acids is 2. The maximum absolute atomic E-state index is 12.3. The number of benzene rings is 1. The second-order valence-electron chi connectivity index (χ2n) is 5.04. The van der Waals surface area contributed by atoms with Crippen LogP contribution >= 0.6 is 0 Å². The zero-order valence-electron chi connectivity index (χ0n) is 13.6. The van der Waals surface area contributed by atoms with Gasteiger partial charge in [-0.2, -0.15) is 0 Å². The number of nitro groups is 1. The highest BCUT2D eigenvalue weighted by Gasteiger charge is 2.36. The molecule has 0 radical (unpaired) electrons. The summed E-state index contributed by atoms with van der Waals surface area (Å²) in [6.45, 7) is -0.447. The number of aromatic nitrogens is 2. The van der Waals surface area contributed by atoms with Crippen molar-refractivity contribution in [3.63, 3.8) is 0 Å². The van der Waals surface area contributed by atoms with Gasteiger partial charge >= 0.3 is 17.6 Å². The highest BCUT2D eigenvalue weighted by atomic mass is 16.6. The third kappa shape index (κ3) is 2.71. The first-order chi connectivity index (χ1) is 12.5. The molecule has 12 heteroatoms. The summed E-state index contributed by atoms with van der Waals surface area (Å²) in [5.74, 6) is -1.69. The number of nitro benzene ring substituents is 1. The minimum absolute atomic E-state index is 0.0419. The Morgan fingerprint density at radius 2 is 1.96 bits per heavy atom. The molecule has 12 nitrogen and oxygen atoms in total. The summed E-state index contributed by atoms with van der Waals surface area (Å²) in [6.07, 6.45) is 0. The van der Waals surface area contributed by atoms with Gasteiger partial charge in [0, 0.05) is 0 Å². The minimum atomic E-state index is -0.874. The summed E-state index contributed by atoms with van der Waals surface area (Å²) in [5, 5.41) is 18.7. The van der Waals surface area contributed by atoms with E-state index in [9.17, 15) is 19.7 Å². The predicted octanol–water partition coefficient (Wildman–Crippen LogP) is 0.525. The van der Waals surface area contributed by atoms with E-state index in [0.717, 1.165) is 19.1 Å². The smallest absolute Gasteiger partial charge is 0.355 e. The van der Waals surface area contributed by atoms with Gasteiger partial charge < -0.3 is 19.1 Å². The summed E-state index contributed by atoms with van der Waals surface area (Å²) in [6, 6.07) is 2.77. The van der Waals surface area contributed by atoms with Crippen LogP contribution in [0.2, 0.25) is 0 Å². The molecule has 1 aromatic heterocycles. The third-order valence-corrected chi connectivity index (χ3v) is 3.69. The monoisotopic (exact) mass is 364 g/mol. The Morgan fingerprint density at radius 1 is 1.23 bits per heavy atom. The Morgan fingerprint density at radius 3 is 2.62 bits per heavy atom. The molecule has 0 saturated carbocycles.